The lowest BCUT2D eigenvalue weighted by Crippen LogP contribution is -2.31. The molecule has 0 aromatic rings. The molecule has 1 saturated heterocycles. The van der Waals surface area contributed by atoms with Gasteiger partial charge in [0, 0.05) is 32.6 Å². The highest BCUT2D eigenvalue weighted by Gasteiger charge is 2.14. The predicted molar refractivity (Wildman–Crippen MR) is 249 cm³/mol. The van der Waals surface area contributed by atoms with Gasteiger partial charge < -0.3 is 19.1 Å². The van der Waals surface area contributed by atoms with Crippen LogP contribution in [-0.2, 0) is 23.8 Å². The van der Waals surface area contributed by atoms with Gasteiger partial charge in [-0.1, -0.05) is 188 Å². The lowest BCUT2D eigenvalue weighted by atomic mass is 9.92. The smallest absolute Gasteiger partial charge is 0.305 e. The van der Waals surface area contributed by atoms with Gasteiger partial charge in [-0.05, 0) is 88.6 Å². The Bertz CT molecular complexity index is 800. The molecule has 0 aromatic heterocycles. The van der Waals surface area contributed by atoms with Gasteiger partial charge in [-0.25, -0.2) is 0 Å². The largest absolute Gasteiger partial charge is 0.466 e. The average molecular weight is 820 g/mol. The van der Waals surface area contributed by atoms with Gasteiger partial charge >= 0.3 is 11.9 Å². The highest BCUT2D eigenvalue weighted by molar-refractivity contribution is 5.69. The van der Waals surface area contributed by atoms with Crippen molar-refractivity contribution in [3.63, 3.8) is 0 Å². The number of rotatable bonds is 44. The van der Waals surface area contributed by atoms with Crippen LogP contribution in [-0.4, -0.2) is 62.9 Å². The third-order valence-electron chi connectivity index (χ3n) is 13.0. The van der Waals surface area contributed by atoms with Gasteiger partial charge in [0.1, 0.15) is 0 Å². The fourth-order valence-corrected chi connectivity index (χ4v) is 9.02. The monoisotopic (exact) mass is 820 g/mol. The Morgan fingerprint density at radius 1 is 0.414 bits per heavy atom. The summed E-state index contributed by atoms with van der Waals surface area (Å²) < 4.78 is 17.7. The molecule has 6 heteroatoms. The van der Waals surface area contributed by atoms with Gasteiger partial charge in [0.15, 0.2) is 0 Å². The van der Waals surface area contributed by atoms with E-state index in [4.69, 9.17) is 14.2 Å². The van der Waals surface area contributed by atoms with Crippen molar-refractivity contribution in [1.29, 1.82) is 0 Å². The van der Waals surface area contributed by atoms with Crippen molar-refractivity contribution in [2.75, 3.05) is 46.1 Å². The number of carbonyl (C=O) groups excluding carboxylic acids is 2. The first-order valence-corrected chi connectivity index (χ1v) is 26.1. The van der Waals surface area contributed by atoms with Gasteiger partial charge in [0.25, 0.3) is 0 Å². The Balaban J connectivity index is 2.27. The van der Waals surface area contributed by atoms with Crippen LogP contribution in [0.2, 0.25) is 0 Å². The van der Waals surface area contributed by atoms with E-state index in [0.717, 1.165) is 70.0 Å². The second-order valence-electron chi connectivity index (χ2n) is 18.5. The molecule has 0 radical (unpaired) electrons. The first-order valence-electron chi connectivity index (χ1n) is 26.1. The van der Waals surface area contributed by atoms with Crippen molar-refractivity contribution in [3.05, 3.63) is 0 Å². The highest BCUT2D eigenvalue weighted by atomic mass is 16.5. The summed E-state index contributed by atoms with van der Waals surface area (Å²) in [5, 5.41) is 0. The molecule has 1 aliphatic heterocycles. The summed E-state index contributed by atoms with van der Waals surface area (Å²) in [6, 6.07) is 0. The molecule has 0 bridgehead atoms. The maximum atomic E-state index is 12.4. The Labute approximate surface area is 362 Å². The van der Waals surface area contributed by atoms with E-state index in [0.29, 0.717) is 32.0 Å². The summed E-state index contributed by atoms with van der Waals surface area (Å²) in [5.74, 6) is 2.09. The zero-order valence-electron chi connectivity index (χ0n) is 39.6. The van der Waals surface area contributed by atoms with Gasteiger partial charge in [0.2, 0.25) is 0 Å². The van der Waals surface area contributed by atoms with Crippen LogP contribution in [0, 0.1) is 17.8 Å². The zero-order chi connectivity index (χ0) is 42.0. The summed E-state index contributed by atoms with van der Waals surface area (Å²) in [6.07, 6.45) is 43.3. The minimum absolute atomic E-state index is 0.00739. The van der Waals surface area contributed by atoms with Crippen LogP contribution in [0.1, 0.15) is 259 Å². The highest BCUT2D eigenvalue weighted by Crippen LogP contribution is 2.24. The second kappa shape index (κ2) is 42.5. The Morgan fingerprint density at radius 3 is 1.22 bits per heavy atom. The van der Waals surface area contributed by atoms with Crippen LogP contribution in [0.3, 0.4) is 0 Å². The van der Waals surface area contributed by atoms with Crippen molar-refractivity contribution in [1.82, 2.24) is 4.90 Å². The summed E-state index contributed by atoms with van der Waals surface area (Å²) >= 11 is 0. The first-order chi connectivity index (χ1) is 28.5. The van der Waals surface area contributed by atoms with Crippen molar-refractivity contribution >= 4 is 11.9 Å². The van der Waals surface area contributed by atoms with Gasteiger partial charge in [-0.15, -0.1) is 0 Å². The van der Waals surface area contributed by atoms with Gasteiger partial charge in [-0.3, -0.25) is 9.59 Å². The van der Waals surface area contributed by atoms with Gasteiger partial charge in [-0.2, -0.15) is 0 Å². The molecule has 1 fully saturated rings. The van der Waals surface area contributed by atoms with Crippen LogP contribution < -0.4 is 0 Å². The number of hydrogen-bond acceptors (Lipinski definition) is 6. The molecular formula is C52H101NO5. The molecule has 6 nitrogen and oxygen atoms in total. The van der Waals surface area contributed by atoms with Crippen LogP contribution in [0.4, 0.5) is 0 Å². The van der Waals surface area contributed by atoms with E-state index in [2.05, 4.69) is 32.6 Å². The Hall–Kier alpha value is -1.14. The molecule has 344 valence electrons. The predicted octanol–water partition coefficient (Wildman–Crippen LogP) is 15.4. The molecule has 1 rings (SSSR count). The topological polar surface area (TPSA) is 65.1 Å². The normalized spacial score (nSPS) is 13.6. The minimum atomic E-state index is 0.00739. The van der Waals surface area contributed by atoms with Crippen molar-refractivity contribution in [2.24, 2.45) is 17.8 Å². The standard InChI is InChI=1S/C52H101NO5/c1-5-9-20-31-48(32-21-10-6-2)39-45-57-51(54)37-26-17-13-15-24-35-50(47-56-44-30-43-53-41-28-19-29-42-53)36-25-16-14-18-27-38-52(55)58-46-40-49(33-22-11-7-3)34-23-12-8-4/h48-50H,5-47H2,1-4H3. The van der Waals surface area contributed by atoms with Crippen molar-refractivity contribution in [2.45, 2.75) is 259 Å². The molecular weight excluding hydrogens is 719 g/mol. The number of likely N-dealkylation sites (tertiary alicyclic amines) is 1. The van der Waals surface area contributed by atoms with E-state index in [9.17, 15) is 9.59 Å². The molecule has 0 aromatic carbocycles. The van der Waals surface area contributed by atoms with Crippen LogP contribution in [0.25, 0.3) is 0 Å². The van der Waals surface area contributed by atoms with E-state index in [1.165, 1.54) is 193 Å². The third kappa shape index (κ3) is 35.6. The number of ether oxygens (including phenoxy) is 3. The fourth-order valence-electron chi connectivity index (χ4n) is 9.02. The third-order valence-corrected chi connectivity index (χ3v) is 13.0. The first kappa shape index (κ1) is 54.9. The Morgan fingerprint density at radius 2 is 0.793 bits per heavy atom. The van der Waals surface area contributed by atoms with E-state index in [1.807, 2.05) is 0 Å². The zero-order valence-corrected chi connectivity index (χ0v) is 39.6. The summed E-state index contributed by atoms with van der Waals surface area (Å²) in [4.78, 5) is 27.5. The quantitative estimate of drug-likeness (QED) is 0.0451. The lowest BCUT2D eigenvalue weighted by molar-refractivity contribution is -0.145. The van der Waals surface area contributed by atoms with E-state index in [1.54, 1.807) is 0 Å². The van der Waals surface area contributed by atoms with Crippen molar-refractivity contribution < 1.29 is 23.8 Å². The second-order valence-corrected chi connectivity index (χ2v) is 18.5. The molecule has 0 unspecified atom stereocenters. The summed E-state index contributed by atoms with van der Waals surface area (Å²) in [7, 11) is 0. The number of piperidine rings is 1. The molecule has 0 amide bonds. The van der Waals surface area contributed by atoms with Crippen molar-refractivity contribution in [3.8, 4) is 0 Å². The molecule has 1 heterocycles. The SMILES string of the molecule is CCCCCC(CCCCC)CCOC(=O)CCCCCCCC(CCCCCCCC(=O)OCCC(CCCCC)CCCCC)COCCCN1CCCCC1. The summed E-state index contributed by atoms with van der Waals surface area (Å²) in [5.41, 5.74) is 0. The number of carbonyl (C=O) groups is 2. The Kier molecular flexibility index (Phi) is 40.3. The molecule has 0 atom stereocenters. The molecule has 0 saturated carbocycles. The maximum Gasteiger partial charge on any atom is 0.305 e. The van der Waals surface area contributed by atoms with Gasteiger partial charge in [0.05, 0.1) is 13.2 Å². The molecule has 1 aliphatic rings. The van der Waals surface area contributed by atoms with Crippen LogP contribution in [0.5, 0.6) is 0 Å². The summed E-state index contributed by atoms with van der Waals surface area (Å²) in [6.45, 7) is 15.8. The number of hydrogen-bond donors (Lipinski definition) is 0. The fraction of sp³-hybridized carbons (Fsp3) is 0.962. The van der Waals surface area contributed by atoms with E-state index < -0.39 is 0 Å². The van der Waals surface area contributed by atoms with Crippen LogP contribution in [0.15, 0.2) is 0 Å². The molecule has 0 spiro atoms. The number of nitrogens with zero attached hydrogens (tertiary/aromatic N) is 1. The number of esters is 2. The molecule has 0 N–H and O–H groups in total. The molecule has 0 aliphatic carbocycles. The van der Waals surface area contributed by atoms with Crippen LogP contribution >= 0.6 is 0 Å². The average Bonchev–Trinajstić information content (AvgIpc) is 3.22. The van der Waals surface area contributed by atoms with E-state index >= 15 is 0 Å². The minimum Gasteiger partial charge on any atom is -0.466 e. The molecule has 58 heavy (non-hydrogen) atoms. The maximum absolute atomic E-state index is 12.4. The van der Waals surface area contributed by atoms with E-state index in [-0.39, 0.29) is 11.9 Å². The number of unbranched alkanes of at least 4 members (excludes halogenated alkanes) is 16. The lowest BCUT2D eigenvalue weighted by Gasteiger charge is -2.26.